The van der Waals surface area contributed by atoms with E-state index < -0.39 is 12.1 Å². The van der Waals surface area contributed by atoms with Crippen molar-refractivity contribution in [2.75, 3.05) is 11.9 Å². The van der Waals surface area contributed by atoms with Gasteiger partial charge in [-0.25, -0.2) is 9.59 Å². The second kappa shape index (κ2) is 6.75. The fourth-order valence-corrected chi connectivity index (χ4v) is 2.65. The van der Waals surface area contributed by atoms with Crippen molar-refractivity contribution in [3.63, 3.8) is 0 Å². The molecule has 8 heteroatoms. The maximum Gasteiger partial charge on any atom is 0.415 e. The molecule has 0 bridgehead atoms. The summed E-state index contributed by atoms with van der Waals surface area (Å²) in [7, 11) is 1.55. The van der Waals surface area contributed by atoms with Crippen molar-refractivity contribution in [2.24, 2.45) is 7.05 Å². The SMILES string of the molecule is CCOC(=O)c1cn(C)c(=O)cc1Nc1ccc2c(ccn2C(=O)O)c1. The van der Waals surface area contributed by atoms with Gasteiger partial charge in [-0.05, 0) is 31.2 Å². The highest BCUT2D eigenvalue weighted by molar-refractivity contribution is 5.97. The van der Waals surface area contributed by atoms with E-state index in [0.717, 1.165) is 4.57 Å². The average Bonchev–Trinajstić information content (AvgIpc) is 3.01. The van der Waals surface area contributed by atoms with Crippen LogP contribution in [-0.2, 0) is 11.8 Å². The molecule has 2 heterocycles. The van der Waals surface area contributed by atoms with Crippen LogP contribution in [-0.4, -0.2) is 32.9 Å². The van der Waals surface area contributed by atoms with E-state index in [2.05, 4.69) is 5.32 Å². The number of carbonyl (C=O) groups excluding carboxylic acids is 1. The summed E-state index contributed by atoms with van der Waals surface area (Å²) in [5, 5.41) is 12.9. The first-order valence-corrected chi connectivity index (χ1v) is 7.90. The van der Waals surface area contributed by atoms with E-state index in [-0.39, 0.29) is 17.7 Å². The number of carbonyl (C=O) groups is 2. The number of carboxylic acid groups (broad SMARTS) is 1. The van der Waals surface area contributed by atoms with Crippen molar-refractivity contribution in [3.8, 4) is 0 Å². The van der Waals surface area contributed by atoms with Crippen LogP contribution in [0.25, 0.3) is 10.9 Å². The third kappa shape index (κ3) is 3.16. The van der Waals surface area contributed by atoms with Crippen LogP contribution in [0.1, 0.15) is 17.3 Å². The summed E-state index contributed by atoms with van der Waals surface area (Å²) >= 11 is 0. The van der Waals surface area contributed by atoms with Crippen LogP contribution >= 0.6 is 0 Å². The summed E-state index contributed by atoms with van der Waals surface area (Å²) in [4.78, 5) is 35.3. The second-order valence-electron chi connectivity index (χ2n) is 5.64. The summed E-state index contributed by atoms with van der Waals surface area (Å²) < 4.78 is 7.45. The first-order chi connectivity index (χ1) is 12.4. The fraction of sp³-hybridized carbons (Fsp3) is 0.167. The molecule has 0 atom stereocenters. The molecule has 0 aliphatic carbocycles. The predicted octanol–water partition coefficient (Wildman–Crippen LogP) is 2.79. The Labute approximate surface area is 148 Å². The standard InChI is InChI=1S/C18H17N3O5/c1-3-26-17(23)13-10-20(2)16(22)9-14(13)19-12-4-5-15-11(8-12)6-7-21(15)18(24)25/h4-10,19H,3H2,1-2H3,(H,24,25). The van der Waals surface area contributed by atoms with Crippen LogP contribution in [0.4, 0.5) is 16.2 Å². The van der Waals surface area contributed by atoms with E-state index in [9.17, 15) is 14.4 Å². The monoisotopic (exact) mass is 355 g/mol. The van der Waals surface area contributed by atoms with E-state index in [4.69, 9.17) is 9.84 Å². The number of benzene rings is 1. The number of ether oxygens (including phenoxy) is 1. The third-order valence-corrected chi connectivity index (χ3v) is 3.90. The number of nitrogens with zero attached hydrogens (tertiary/aromatic N) is 2. The van der Waals surface area contributed by atoms with Crippen molar-refractivity contribution in [2.45, 2.75) is 6.92 Å². The molecule has 134 valence electrons. The maximum atomic E-state index is 12.2. The first-order valence-electron chi connectivity index (χ1n) is 7.90. The molecule has 3 aromatic rings. The van der Waals surface area contributed by atoms with Gasteiger partial charge in [-0.15, -0.1) is 0 Å². The number of esters is 1. The molecule has 0 unspecified atom stereocenters. The van der Waals surface area contributed by atoms with E-state index in [1.807, 2.05) is 0 Å². The molecule has 0 fully saturated rings. The van der Waals surface area contributed by atoms with Crippen molar-refractivity contribution in [3.05, 3.63) is 58.6 Å². The van der Waals surface area contributed by atoms with Gasteiger partial charge in [-0.1, -0.05) is 0 Å². The Hall–Kier alpha value is -3.55. The van der Waals surface area contributed by atoms with E-state index in [1.165, 1.54) is 23.0 Å². The largest absolute Gasteiger partial charge is 0.464 e. The number of hydrogen-bond donors (Lipinski definition) is 2. The number of fused-ring (bicyclic) bond motifs is 1. The summed E-state index contributed by atoms with van der Waals surface area (Å²) in [6, 6.07) is 8.05. The molecular weight excluding hydrogens is 338 g/mol. The highest BCUT2D eigenvalue weighted by Crippen LogP contribution is 2.25. The van der Waals surface area contributed by atoms with Crippen molar-refractivity contribution >= 4 is 34.3 Å². The van der Waals surface area contributed by atoms with E-state index in [0.29, 0.717) is 22.3 Å². The molecule has 0 spiro atoms. The number of aromatic nitrogens is 2. The zero-order valence-electron chi connectivity index (χ0n) is 14.2. The van der Waals surface area contributed by atoms with Crippen LogP contribution in [0.5, 0.6) is 0 Å². The van der Waals surface area contributed by atoms with Crippen LogP contribution in [0.3, 0.4) is 0 Å². The van der Waals surface area contributed by atoms with Gasteiger partial charge in [0.1, 0.15) is 0 Å². The molecule has 0 aliphatic rings. The molecule has 1 aromatic carbocycles. The van der Waals surface area contributed by atoms with Crippen molar-refractivity contribution in [1.82, 2.24) is 9.13 Å². The number of rotatable bonds is 4. The zero-order valence-corrected chi connectivity index (χ0v) is 14.2. The number of aryl methyl sites for hydroxylation is 1. The first kappa shape index (κ1) is 17.3. The van der Waals surface area contributed by atoms with Gasteiger partial charge < -0.3 is 19.7 Å². The van der Waals surface area contributed by atoms with Crippen LogP contribution in [0, 0.1) is 0 Å². The lowest BCUT2D eigenvalue weighted by atomic mass is 10.2. The minimum absolute atomic E-state index is 0.218. The number of pyridine rings is 1. The lowest BCUT2D eigenvalue weighted by Crippen LogP contribution is -2.20. The van der Waals surface area contributed by atoms with Crippen molar-refractivity contribution < 1.29 is 19.4 Å². The molecule has 8 nitrogen and oxygen atoms in total. The Balaban J connectivity index is 2.01. The van der Waals surface area contributed by atoms with Gasteiger partial charge in [0, 0.05) is 36.6 Å². The minimum Gasteiger partial charge on any atom is -0.464 e. The van der Waals surface area contributed by atoms with E-state index in [1.54, 1.807) is 38.2 Å². The molecule has 3 rings (SSSR count). The molecule has 0 saturated heterocycles. The Morgan fingerprint density at radius 1 is 1.23 bits per heavy atom. The summed E-state index contributed by atoms with van der Waals surface area (Å²) in [6.45, 7) is 1.92. The second-order valence-corrected chi connectivity index (χ2v) is 5.64. The van der Waals surface area contributed by atoms with Gasteiger partial charge in [-0.3, -0.25) is 9.36 Å². The van der Waals surface area contributed by atoms with Crippen molar-refractivity contribution in [1.29, 1.82) is 0 Å². The van der Waals surface area contributed by atoms with Gasteiger partial charge in [-0.2, -0.15) is 0 Å². The summed E-state index contributed by atoms with van der Waals surface area (Å²) in [5.41, 5.74) is 1.43. The number of nitrogens with one attached hydrogen (secondary N) is 1. The number of hydrogen-bond acceptors (Lipinski definition) is 5. The van der Waals surface area contributed by atoms with Crippen LogP contribution < -0.4 is 10.9 Å². The van der Waals surface area contributed by atoms with Crippen LogP contribution in [0.2, 0.25) is 0 Å². The Morgan fingerprint density at radius 3 is 2.69 bits per heavy atom. The molecule has 2 aromatic heterocycles. The molecule has 26 heavy (non-hydrogen) atoms. The molecule has 2 N–H and O–H groups in total. The quantitative estimate of drug-likeness (QED) is 0.698. The maximum absolute atomic E-state index is 12.2. The highest BCUT2D eigenvalue weighted by atomic mass is 16.5. The van der Waals surface area contributed by atoms with E-state index >= 15 is 0 Å². The smallest absolute Gasteiger partial charge is 0.415 e. The van der Waals surface area contributed by atoms with Gasteiger partial charge in [0.2, 0.25) is 0 Å². The average molecular weight is 355 g/mol. The Kier molecular flexibility index (Phi) is 4.49. The topological polar surface area (TPSA) is 103 Å². The normalized spacial score (nSPS) is 10.7. The molecule has 0 radical (unpaired) electrons. The minimum atomic E-state index is -1.07. The molecular formula is C18H17N3O5. The third-order valence-electron chi connectivity index (χ3n) is 3.90. The van der Waals surface area contributed by atoms with Gasteiger partial charge in [0.15, 0.2) is 0 Å². The molecule has 0 aliphatic heterocycles. The van der Waals surface area contributed by atoms with Gasteiger partial charge >= 0.3 is 12.1 Å². The lowest BCUT2D eigenvalue weighted by Gasteiger charge is -2.13. The zero-order chi connectivity index (χ0) is 18.8. The highest BCUT2D eigenvalue weighted by Gasteiger charge is 2.15. The summed E-state index contributed by atoms with van der Waals surface area (Å²) in [6.07, 6.45) is 1.80. The Bertz CT molecular complexity index is 1060. The molecule has 0 saturated carbocycles. The lowest BCUT2D eigenvalue weighted by molar-refractivity contribution is 0.0526. The van der Waals surface area contributed by atoms with Gasteiger partial charge in [0.25, 0.3) is 5.56 Å². The summed E-state index contributed by atoms with van der Waals surface area (Å²) in [5.74, 6) is -0.538. The van der Waals surface area contributed by atoms with Crippen LogP contribution in [0.15, 0.2) is 47.5 Å². The number of anilines is 2. The molecule has 0 amide bonds. The fourth-order valence-electron chi connectivity index (χ4n) is 2.65. The predicted molar refractivity (Wildman–Crippen MR) is 96.3 cm³/mol. The van der Waals surface area contributed by atoms with Gasteiger partial charge in [0.05, 0.1) is 23.4 Å². The Morgan fingerprint density at radius 2 is 2.00 bits per heavy atom.